The number of rotatable bonds is 6. The van der Waals surface area contributed by atoms with E-state index in [0.29, 0.717) is 16.7 Å². The molecule has 5 nitrogen and oxygen atoms in total. The number of benzene rings is 1. The molecule has 2 aromatic rings. The van der Waals surface area contributed by atoms with Gasteiger partial charge in [0, 0.05) is 5.57 Å². The molecule has 168 valence electrons. The van der Waals surface area contributed by atoms with E-state index < -0.39 is 29.2 Å². The van der Waals surface area contributed by atoms with Gasteiger partial charge in [-0.3, -0.25) is 10.0 Å². The fourth-order valence-electron chi connectivity index (χ4n) is 2.81. The maximum Gasteiger partial charge on any atom is 0.433 e. The fraction of sp³-hybridized carbons (Fsp3) is 0.174. The largest absolute Gasteiger partial charge is 0.433 e. The van der Waals surface area contributed by atoms with Crippen LogP contribution in [0.4, 0.5) is 17.6 Å². The van der Waals surface area contributed by atoms with Crippen molar-refractivity contribution in [3.8, 4) is 0 Å². The Hall–Kier alpha value is -3.59. The standard InChI is InChI=1S/C23H21F4N3O2/c1-5-7-15(6-2)19-12-20(23(25,26)27)29-21(28-19)14(4)10-13(3)16-8-9-18(24)17(11-16)22(31)30-32/h5-12,32H,4H2,1-3H3,(H,30,31)/b7-5-,13-10+,15-6+. The molecule has 2 rings (SSSR count). The molecule has 0 aliphatic carbocycles. The van der Waals surface area contributed by atoms with Gasteiger partial charge in [-0.1, -0.05) is 30.9 Å². The van der Waals surface area contributed by atoms with Crippen LogP contribution in [0.5, 0.6) is 0 Å². The van der Waals surface area contributed by atoms with Gasteiger partial charge in [0.15, 0.2) is 5.82 Å². The van der Waals surface area contributed by atoms with E-state index in [1.165, 1.54) is 23.7 Å². The lowest BCUT2D eigenvalue weighted by Gasteiger charge is -2.12. The molecule has 0 bridgehead atoms. The molecule has 1 heterocycles. The van der Waals surface area contributed by atoms with Crippen molar-refractivity contribution >= 4 is 22.6 Å². The van der Waals surface area contributed by atoms with Gasteiger partial charge in [-0.25, -0.2) is 19.8 Å². The maximum atomic E-state index is 13.8. The van der Waals surface area contributed by atoms with Gasteiger partial charge in [-0.05, 0) is 61.8 Å². The molecule has 0 unspecified atom stereocenters. The van der Waals surface area contributed by atoms with Crippen molar-refractivity contribution in [2.75, 3.05) is 0 Å². The minimum Gasteiger partial charge on any atom is -0.288 e. The summed E-state index contributed by atoms with van der Waals surface area (Å²) in [6, 6.07) is 4.48. The Morgan fingerprint density at radius 2 is 1.88 bits per heavy atom. The zero-order chi connectivity index (χ0) is 24.1. The third-order valence-corrected chi connectivity index (χ3v) is 4.42. The highest BCUT2D eigenvalue weighted by Gasteiger charge is 2.34. The first-order chi connectivity index (χ1) is 15.0. The van der Waals surface area contributed by atoms with Gasteiger partial charge in [0.25, 0.3) is 5.91 Å². The Morgan fingerprint density at radius 1 is 1.19 bits per heavy atom. The zero-order valence-electron chi connectivity index (χ0n) is 17.6. The summed E-state index contributed by atoms with van der Waals surface area (Å²) < 4.78 is 54.1. The molecular formula is C23H21F4N3O2. The summed E-state index contributed by atoms with van der Waals surface area (Å²) in [4.78, 5) is 19.4. The van der Waals surface area contributed by atoms with Crippen LogP contribution in [-0.4, -0.2) is 21.1 Å². The summed E-state index contributed by atoms with van der Waals surface area (Å²) in [5.41, 5.74) is 1.34. The molecule has 32 heavy (non-hydrogen) atoms. The summed E-state index contributed by atoms with van der Waals surface area (Å²) in [5, 5.41) is 8.74. The van der Waals surface area contributed by atoms with Crippen LogP contribution in [-0.2, 0) is 6.18 Å². The number of nitrogens with one attached hydrogen (secondary N) is 1. The van der Waals surface area contributed by atoms with E-state index in [-0.39, 0.29) is 17.1 Å². The van der Waals surface area contributed by atoms with Crippen molar-refractivity contribution in [2.45, 2.75) is 26.9 Å². The van der Waals surface area contributed by atoms with Crippen molar-refractivity contribution in [3.63, 3.8) is 0 Å². The molecule has 1 aromatic heterocycles. The lowest BCUT2D eigenvalue weighted by Crippen LogP contribution is -2.20. The number of carbonyl (C=O) groups excluding carboxylic acids is 1. The van der Waals surface area contributed by atoms with Gasteiger partial charge in [0.2, 0.25) is 0 Å². The third-order valence-electron chi connectivity index (χ3n) is 4.42. The molecular weight excluding hydrogens is 426 g/mol. The zero-order valence-corrected chi connectivity index (χ0v) is 17.6. The van der Waals surface area contributed by atoms with Crippen molar-refractivity contribution in [1.29, 1.82) is 0 Å². The van der Waals surface area contributed by atoms with E-state index in [0.717, 1.165) is 12.1 Å². The minimum absolute atomic E-state index is 0.0822. The molecule has 0 aliphatic heterocycles. The first-order valence-corrected chi connectivity index (χ1v) is 9.39. The van der Waals surface area contributed by atoms with Crippen molar-refractivity contribution in [1.82, 2.24) is 15.4 Å². The number of alkyl halides is 3. The molecule has 0 saturated heterocycles. The number of hydroxylamine groups is 1. The van der Waals surface area contributed by atoms with E-state index in [9.17, 15) is 22.4 Å². The molecule has 0 radical (unpaired) electrons. The second-order valence-electron chi connectivity index (χ2n) is 6.69. The van der Waals surface area contributed by atoms with Crippen LogP contribution in [0.2, 0.25) is 0 Å². The maximum absolute atomic E-state index is 13.8. The number of carbonyl (C=O) groups is 1. The second-order valence-corrected chi connectivity index (χ2v) is 6.69. The highest BCUT2D eigenvalue weighted by Crippen LogP contribution is 2.31. The van der Waals surface area contributed by atoms with E-state index in [4.69, 9.17) is 5.21 Å². The fourth-order valence-corrected chi connectivity index (χ4v) is 2.81. The molecule has 2 N–H and O–H groups in total. The summed E-state index contributed by atoms with van der Waals surface area (Å²) in [6.07, 6.45) is 1.67. The van der Waals surface area contributed by atoms with Gasteiger partial charge in [0.1, 0.15) is 11.5 Å². The molecule has 0 fully saturated rings. The Labute approximate surface area is 182 Å². The van der Waals surface area contributed by atoms with Crippen LogP contribution in [0.3, 0.4) is 0 Å². The normalized spacial score (nSPS) is 12.9. The van der Waals surface area contributed by atoms with Crippen LogP contribution in [0.1, 0.15) is 53.9 Å². The quantitative estimate of drug-likeness (QED) is 0.252. The Morgan fingerprint density at radius 3 is 2.44 bits per heavy atom. The van der Waals surface area contributed by atoms with Crippen LogP contribution in [0.15, 0.2) is 55.1 Å². The molecule has 0 saturated carbocycles. The summed E-state index contributed by atoms with van der Waals surface area (Å²) in [6.45, 7) is 8.79. The van der Waals surface area contributed by atoms with Crippen molar-refractivity contribution in [2.24, 2.45) is 0 Å². The average Bonchev–Trinajstić information content (AvgIpc) is 2.76. The van der Waals surface area contributed by atoms with Crippen LogP contribution in [0.25, 0.3) is 16.7 Å². The molecule has 1 amide bonds. The summed E-state index contributed by atoms with van der Waals surface area (Å²) >= 11 is 0. The summed E-state index contributed by atoms with van der Waals surface area (Å²) in [5.74, 6) is -2.11. The van der Waals surface area contributed by atoms with Gasteiger partial charge < -0.3 is 0 Å². The average molecular weight is 447 g/mol. The SMILES string of the molecule is C=C(/C=C(\C)c1ccc(F)c(C(=O)NO)c1)c1nc(C(/C=C\C)=C/C)cc(C(F)(F)F)n1. The van der Waals surface area contributed by atoms with Gasteiger partial charge in [0.05, 0.1) is 11.3 Å². The van der Waals surface area contributed by atoms with Crippen LogP contribution in [0, 0.1) is 5.82 Å². The number of hydrogen-bond acceptors (Lipinski definition) is 4. The molecule has 9 heteroatoms. The predicted molar refractivity (Wildman–Crippen MR) is 114 cm³/mol. The number of allylic oxidation sites excluding steroid dienone is 7. The summed E-state index contributed by atoms with van der Waals surface area (Å²) in [7, 11) is 0. The lowest BCUT2D eigenvalue weighted by atomic mass is 10.0. The highest BCUT2D eigenvalue weighted by molar-refractivity contribution is 5.95. The molecule has 1 aromatic carbocycles. The van der Waals surface area contributed by atoms with Crippen LogP contribution >= 0.6 is 0 Å². The van der Waals surface area contributed by atoms with E-state index in [2.05, 4.69) is 16.5 Å². The van der Waals surface area contributed by atoms with E-state index in [1.54, 1.807) is 39.0 Å². The Balaban J connectivity index is 2.55. The Kier molecular flexibility index (Phi) is 7.82. The molecule has 0 aliphatic rings. The molecule has 0 atom stereocenters. The second kappa shape index (κ2) is 10.1. The van der Waals surface area contributed by atoms with Crippen molar-refractivity contribution in [3.05, 3.63) is 89.3 Å². The Bertz CT molecular complexity index is 1130. The van der Waals surface area contributed by atoms with Gasteiger partial charge in [-0.2, -0.15) is 13.2 Å². The smallest absolute Gasteiger partial charge is 0.288 e. The van der Waals surface area contributed by atoms with Crippen LogP contribution < -0.4 is 5.48 Å². The predicted octanol–water partition coefficient (Wildman–Crippen LogP) is 5.85. The number of hydrogen-bond donors (Lipinski definition) is 2. The van der Waals surface area contributed by atoms with E-state index in [1.807, 2.05) is 0 Å². The van der Waals surface area contributed by atoms with Crippen molar-refractivity contribution < 1.29 is 27.6 Å². The first kappa shape index (κ1) is 24.7. The minimum atomic E-state index is -4.69. The van der Waals surface area contributed by atoms with E-state index >= 15 is 0 Å². The van der Waals surface area contributed by atoms with Gasteiger partial charge in [-0.15, -0.1) is 0 Å². The molecule has 0 spiro atoms. The monoisotopic (exact) mass is 447 g/mol. The number of nitrogens with zero attached hydrogens (tertiary/aromatic N) is 2. The first-order valence-electron chi connectivity index (χ1n) is 9.39. The number of amides is 1. The highest BCUT2D eigenvalue weighted by atomic mass is 19.4. The van der Waals surface area contributed by atoms with Gasteiger partial charge >= 0.3 is 6.18 Å². The number of aromatic nitrogens is 2. The topological polar surface area (TPSA) is 75.1 Å². The number of halogens is 4. The third kappa shape index (κ3) is 5.76. The lowest BCUT2D eigenvalue weighted by molar-refractivity contribution is -0.141.